The molecule has 0 fully saturated rings. The van der Waals surface area contributed by atoms with Crippen molar-refractivity contribution in [2.75, 3.05) is 12.8 Å². The molecule has 0 aromatic heterocycles. The second-order valence-corrected chi connectivity index (χ2v) is 7.25. The van der Waals surface area contributed by atoms with Crippen LogP contribution in [0.4, 0.5) is 0 Å². The molecule has 106 valence electrons. The first-order valence-electron chi connectivity index (χ1n) is 6.26. The molecule has 0 atom stereocenters. The third-order valence-electron chi connectivity index (χ3n) is 3.47. The summed E-state index contributed by atoms with van der Waals surface area (Å²) in [6.07, 6.45) is 4.18. The number of nitrogens with one attached hydrogen (secondary N) is 1. The maximum Gasteiger partial charge on any atom is 0.251 e. The summed E-state index contributed by atoms with van der Waals surface area (Å²) in [6, 6.07) is 5.39. The van der Waals surface area contributed by atoms with E-state index in [1.807, 2.05) is 23.9 Å². The summed E-state index contributed by atoms with van der Waals surface area (Å²) >= 11 is 10.0. The van der Waals surface area contributed by atoms with Crippen LogP contribution >= 0.6 is 46.0 Å². The fourth-order valence-corrected chi connectivity index (χ4v) is 3.15. The molecule has 2 nitrogen and oxygen atoms in total. The predicted octanol–water partition coefficient (Wildman–Crippen LogP) is 4.60. The molecule has 1 aromatic carbocycles. The van der Waals surface area contributed by atoms with Crippen LogP contribution in [0.3, 0.4) is 0 Å². The highest BCUT2D eigenvalue weighted by Gasteiger charge is 2.25. The highest BCUT2D eigenvalue weighted by atomic mass is 127. The number of halogens is 2. The molecule has 0 saturated heterocycles. The molecular formula is C14H19ClINOS. The van der Waals surface area contributed by atoms with Gasteiger partial charge in [-0.3, -0.25) is 4.79 Å². The Bertz CT molecular complexity index is 441. The van der Waals surface area contributed by atoms with Crippen molar-refractivity contribution in [1.82, 2.24) is 5.32 Å². The summed E-state index contributed by atoms with van der Waals surface area (Å²) in [4.78, 5) is 12.1. The largest absolute Gasteiger partial charge is 0.351 e. The third kappa shape index (κ3) is 4.53. The lowest BCUT2D eigenvalue weighted by Crippen LogP contribution is -2.39. The van der Waals surface area contributed by atoms with E-state index in [1.54, 1.807) is 6.07 Å². The normalized spacial score (nSPS) is 11.4. The van der Waals surface area contributed by atoms with E-state index in [9.17, 15) is 4.79 Å². The van der Waals surface area contributed by atoms with E-state index in [4.69, 9.17) is 11.6 Å². The number of carbonyl (C=O) groups is 1. The maximum atomic E-state index is 12.1. The minimum atomic E-state index is -0.0568. The average molecular weight is 412 g/mol. The van der Waals surface area contributed by atoms with Gasteiger partial charge >= 0.3 is 0 Å². The molecule has 0 spiro atoms. The molecule has 1 N–H and O–H groups in total. The maximum absolute atomic E-state index is 12.1. The highest BCUT2D eigenvalue weighted by Crippen LogP contribution is 2.29. The second-order valence-electron chi connectivity index (χ2n) is 4.41. The van der Waals surface area contributed by atoms with Gasteiger partial charge in [0.15, 0.2) is 0 Å². The van der Waals surface area contributed by atoms with Crippen LogP contribution < -0.4 is 5.32 Å². The van der Waals surface area contributed by atoms with E-state index in [1.165, 1.54) is 0 Å². The van der Waals surface area contributed by atoms with Gasteiger partial charge in [-0.05, 0) is 59.9 Å². The first-order valence-corrected chi connectivity index (χ1v) is 8.94. The molecule has 1 aromatic rings. The minimum Gasteiger partial charge on any atom is -0.351 e. The van der Waals surface area contributed by atoms with Crippen LogP contribution in [-0.4, -0.2) is 23.5 Å². The Morgan fingerprint density at radius 3 is 2.53 bits per heavy atom. The summed E-state index contributed by atoms with van der Waals surface area (Å²) in [5, 5.41) is 3.64. The number of amides is 1. The number of rotatable bonds is 6. The minimum absolute atomic E-state index is 0.0568. The van der Waals surface area contributed by atoms with Gasteiger partial charge in [0.1, 0.15) is 0 Å². The van der Waals surface area contributed by atoms with Gasteiger partial charge in [-0.2, -0.15) is 11.8 Å². The lowest BCUT2D eigenvalue weighted by molar-refractivity contribution is 0.0949. The Kier molecular flexibility index (Phi) is 6.97. The van der Waals surface area contributed by atoms with Crippen LogP contribution in [0, 0.1) is 3.57 Å². The van der Waals surface area contributed by atoms with Gasteiger partial charge in [0.05, 0.1) is 5.02 Å². The quantitative estimate of drug-likeness (QED) is 0.693. The van der Waals surface area contributed by atoms with Crippen molar-refractivity contribution >= 4 is 51.9 Å². The van der Waals surface area contributed by atoms with E-state index in [0.29, 0.717) is 17.1 Å². The van der Waals surface area contributed by atoms with Crippen molar-refractivity contribution in [1.29, 1.82) is 0 Å². The van der Waals surface area contributed by atoms with Gasteiger partial charge in [0.25, 0.3) is 5.91 Å². The zero-order valence-electron chi connectivity index (χ0n) is 11.4. The zero-order valence-corrected chi connectivity index (χ0v) is 15.2. The van der Waals surface area contributed by atoms with Gasteiger partial charge < -0.3 is 5.32 Å². The van der Waals surface area contributed by atoms with Gasteiger partial charge in [-0.15, -0.1) is 0 Å². The Morgan fingerprint density at radius 1 is 1.42 bits per heavy atom. The second kappa shape index (κ2) is 7.74. The Balaban J connectivity index is 2.72. The molecule has 0 bridgehead atoms. The van der Waals surface area contributed by atoms with E-state index in [0.717, 1.165) is 16.4 Å². The van der Waals surface area contributed by atoms with Crippen molar-refractivity contribution in [2.45, 2.75) is 31.4 Å². The summed E-state index contributed by atoms with van der Waals surface area (Å²) in [6.45, 7) is 5.01. The Morgan fingerprint density at radius 2 is 2.05 bits per heavy atom. The smallest absolute Gasteiger partial charge is 0.251 e. The van der Waals surface area contributed by atoms with Crippen LogP contribution in [0.1, 0.15) is 37.0 Å². The predicted molar refractivity (Wildman–Crippen MR) is 93.3 cm³/mol. The van der Waals surface area contributed by atoms with Crippen molar-refractivity contribution in [3.8, 4) is 0 Å². The van der Waals surface area contributed by atoms with Gasteiger partial charge in [0.2, 0.25) is 0 Å². The van der Waals surface area contributed by atoms with Crippen molar-refractivity contribution < 1.29 is 4.79 Å². The number of carbonyl (C=O) groups excluding carboxylic acids is 1. The van der Waals surface area contributed by atoms with E-state index in [2.05, 4.69) is 48.0 Å². The number of thioether (sulfide) groups is 1. The molecule has 0 aliphatic heterocycles. The SMILES string of the molecule is CCC(CC)(CNC(=O)c1ccc(I)c(Cl)c1)SC. The fourth-order valence-electron chi connectivity index (χ4n) is 1.84. The summed E-state index contributed by atoms with van der Waals surface area (Å²) in [5.41, 5.74) is 0.618. The molecule has 19 heavy (non-hydrogen) atoms. The average Bonchev–Trinajstić information content (AvgIpc) is 2.43. The van der Waals surface area contributed by atoms with Gasteiger partial charge in [0, 0.05) is 20.4 Å². The lowest BCUT2D eigenvalue weighted by Gasteiger charge is -2.29. The van der Waals surface area contributed by atoms with Crippen LogP contribution in [0.5, 0.6) is 0 Å². The standard InChI is InChI=1S/C14H19ClINOS/c1-4-14(5-2,19-3)9-17-13(18)10-6-7-12(16)11(15)8-10/h6-8H,4-5,9H2,1-3H3,(H,17,18). The monoisotopic (exact) mass is 411 g/mol. The molecule has 5 heteroatoms. The first kappa shape index (κ1) is 17.1. The van der Waals surface area contributed by atoms with E-state index >= 15 is 0 Å². The first-order chi connectivity index (χ1) is 8.98. The van der Waals surface area contributed by atoms with Crippen LogP contribution in [-0.2, 0) is 0 Å². The number of benzene rings is 1. The topological polar surface area (TPSA) is 29.1 Å². The number of hydrogen-bond acceptors (Lipinski definition) is 2. The Labute approximate surface area is 138 Å². The molecule has 0 aliphatic rings. The van der Waals surface area contributed by atoms with E-state index in [-0.39, 0.29) is 10.7 Å². The van der Waals surface area contributed by atoms with Crippen LogP contribution in [0.2, 0.25) is 5.02 Å². The van der Waals surface area contributed by atoms with Crippen LogP contribution in [0.25, 0.3) is 0 Å². The zero-order chi connectivity index (χ0) is 14.5. The Hall–Kier alpha value is 0.0600. The van der Waals surface area contributed by atoms with E-state index < -0.39 is 0 Å². The summed E-state index contributed by atoms with van der Waals surface area (Å²) in [7, 11) is 0. The lowest BCUT2D eigenvalue weighted by atomic mass is 10.0. The van der Waals surface area contributed by atoms with Crippen molar-refractivity contribution in [3.05, 3.63) is 32.4 Å². The van der Waals surface area contributed by atoms with Crippen LogP contribution in [0.15, 0.2) is 18.2 Å². The van der Waals surface area contributed by atoms with Crippen molar-refractivity contribution in [3.63, 3.8) is 0 Å². The third-order valence-corrected chi connectivity index (χ3v) is 6.63. The van der Waals surface area contributed by atoms with Crippen molar-refractivity contribution in [2.24, 2.45) is 0 Å². The van der Waals surface area contributed by atoms with Gasteiger partial charge in [-0.1, -0.05) is 25.4 Å². The van der Waals surface area contributed by atoms with Gasteiger partial charge in [-0.25, -0.2) is 0 Å². The molecule has 0 unspecified atom stereocenters. The molecule has 1 amide bonds. The summed E-state index contributed by atoms with van der Waals surface area (Å²) < 4.78 is 1.08. The molecule has 0 aliphatic carbocycles. The fraction of sp³-hybridized carbons (Fsp3) is 0.500. The molecule has 0 saturated carbocycles. The summed E-state index contributed by atoms with van der Waals surface area (Å²) in [5.74, 6) is -0.0568. The molecule has 0 radical (unpaired) electrons. The number of hydrogen-bond donors (Lipinski definition) is 1. The highest BCUT2D eigenvalue weighted by molar-refractivity contribution is 14.1. The molecule has 1 rings (SSSR count). The molecular weight excluding hydrogens is 393 g/mol. The molecule has 0 heterocycles.